The maximum absolute atomic E-state index is 11.7. The Morgan fingerprint density at radius 2 is 2.00 bits per heavy atom. The summed E-state index contributed by atoms with van der Waals surface area (Å²) in [7, 11) is -3.46. The number of benzene rings is 1. The van der Waals surface area contributed by atoms with Crippen LogP contribution in [0.15, 0.2) is 18.2 Å². The number of amides is 1. The maximum Gasteiger partial charge on any atom is 0.239 e. The quantitative estimate of drug-likeness (QED) is 0.818. The third kappa shape index (κ3) is 5.40. The van der Waals surface area contributed by atoms with Crippen LogP contribution in [0.5, 0.6) is 0 Å². The smallest absolute Gasteiger partial charge is 0.239 e. The van der Waals surface area contributed by atoms with E-state index in [1.54, 1.807) is 6.07 Å². The van der Waals surface area contributed by atoms with Gasteiger partial charge in [-0.2, -0.15) is 0 Å². The third-order valence-electron chi connectivity index (χ3n) is 2.62. The van der Waals surface area contributed by atoms with Crippen molar-refractivity contribution in [2.24, 2.45) is 0 Å². The maximum atomic E-state index is 11.7. The molecule has 0 fully saturated rings. The van der Waals surface area contributed by atoms with Gasteiger partial charge in [-0.1, -0.05) is 17.7 Å². The van der Waals surface area contributed by atoms with Crippen molar-refractivity contribution in [3.8, 4) is 0 Å². The van der Waals surface area contributed by atoms with Crippen molar-refractivity contribution in [3.63, 3.8) is 0 Å². The van der Waals surface area contributed by atoms with Crippen molar-refractivity contribution in [1.29, 1.82) is 0 Å². The summed E-state index contributed by atoms with van der Waals surface area (Å²) in [6.07, 6.45) is 0.152. The van der Waals surface area contributed by atoms with E-state index in [9.17, 15) is 13.2 Å². The van der Waals surface area contributed by atoms with Gasteiger partial charge >= 0.3 is 0 Å². The molecule has 0 saturated heterocycles. The standard InChI is InChI=1S/C13H19NO4S/c1-10-4-5-12(11(2)8-10)14-13(16)9-19(17,18)7-3-6-15/h4-5,8,15H,3,6-7,9H2,1-2H3,(H,14,16). The fourth-order valence-corrected chi connectivity index (χ4v) is 2.88. The summed E-state index contributed by atoms with van der Waals surface area (Å²) in [6, 6.07) is 5.52. The second-order valence-corrected chi connectivity index (χ2v) is 6.72. The molecule has 0 heterocycles. The van der Waals surface area contributed by atoms with Crippen molar-refractivity contribution >= 4 is 21.4 Å². The first-order valence-corrected chi connectivity index (χ1v) is 7.84. The van der Waals surface area contributed by atoms with E-state index in [4.69, 9.17) is 5.11 Å². The molecule has 0 unspecified atom stereocenters. The second kappa shape index (κ2) is 6.68. The predicted molar refractivity (Wildman–Crippen MR) is 74.9 cm³/mol. The Kier molecular flexibility index (Phi) is 5.50. The van der Waals surface area contributed by atoms with Crippen LogP contribution in [-0.2, 0) is 14.6 Å². The van der Waals surface area contributed by atoms with Crippen LogP contribution >= 0.6 is 0 Å². The molecule has 0 aliphatic carbocycles. The van der Waals surface area contributed by atoms with Gasteiger partial charge in [-0.25, -0.2) is 8.42 Å². The van der Waals surface area contributed by atoms with Crippen molar-refractivity contribution in [3.05, 3.63) is 29.3 Å². The van der Waals surface area contributed by atoms with Crippen LogP contribution in [0.1, 0.15) is 17.5 Å². The molecule has 1 amide bonds. The number of hydrogen-bond donors (Lipinski definition) is 2. The van der Waals surface area contributed by atoms with E-state index in [1.165, 1.54) is 0 Å². The lowest BCUT2D eigenvalue weighted by atomic mass is 10.1. The lowest BCUT2D eigenvalue weighted by molar-refractivity contribution is -0.113. The number of anilines is 1. The molecule has 0 spiro atoms. The summed E-state index contributed by atoms with van der Waals surface area (Å²) in [5.41, 5.74) is 2.58. The van der Waals surface area contributed by atoms with Crippen LogP contribution in [0.4, 0.5) is 5.69 Å². The van der Waals surface area contributed by atoms with Gasteiger partial charge in [0.15, 0.2) is 9.84 Å². The van der Waals surface area contributed by atoms with Crippen LogP contribution < -0.4 is 5.32 Å². The van der Waals surface area contributed by atoms with Gasteiger partial charge in [-0.05, 0) is 31.9 Å². The van der Waals surface area contributed by atoms with E-state index in [0.717, 1.165) is 11.1 Å². The number of nitrogens with one attached hydrogen (secondary N) is 1. The summed E-state index contributed by atoms with van der Waals surface area (Å²) < 4.78 is 23.1. The average molecular weight is 285 g/mol. The van der Waals surface area contributed by atoms with Crippen molar-refractivity contribution in [2.45, 2.75) is 20.3 Å². The SMILES string of the molecule is Cc1ccc(NC(=O)CS(=O)(=O)CCCO)c(C)c1. The summed E-state index contributed by atoms with van der Waals surface area (Å²) in [5.74, 6) is -1.28. The number of aliphatic hydroxyl groups is 1. The number of hydrogen-bond acceptors (Lipinski definition) is 4. The molecule has 6 heteroatoms. The van der Waals surface area contributed by atoms with Gasteiger partial charge in [0.1, 0.15) is 5.75 Å². The molecule has 1 aromatic rings. The minimum Gasteiger partial charge on any atom is -0.396 e. The Morgan fingerprint density at radius 3 is 2.58 bits per heavy atom. The average Bonchev–Trinajstić information content (AvgIpc) is 2.29. The Hall–Kier alpha value is -1.40. The zero-order valence-corrected chi connectivity index (χ0v) is 12.0. The molecule has 0 radical (unpaired) electrons. The normalized spacial score (nSPS) is 11.3. The number of sulfone groups is 1. The molecule has 0 bridgehead atoms. The number of carbonyl (C=O) groups is 1. The number of aliphatic hydroxyl groups excluding tert-OH is 1. The molecule has 5 nitrogen and oxygen atoms in total. The largest absolute Gasteiger partial charge is 0.396 e. The Labute approximate surface area is 113 Å². The zero-order chi connectivity index (χ0) is 14.5. The van der Waals surface area contributed by atoms with Crippen LogP contribution in [0.25, 0.3) is 0 Å². The molecular formula is C13H19NO4S. The first-order valence-electron chi connectivity index (χ1n) is 6.02. The topological polar surface area (TPSA) is 83.5 Å². The van der Waals surface area contributed by atoms with Gasteiger partial charge in [0.25, 0.3) is 0 Å². The molecule has 0 saturated carbocycles. The minimum atomic E-state index is -3.46. The van der Waals surface area contributed by atoms with Gasteiger partial charge in [0.2, 0.25) is 5.91 Å². The van der Waals surface area contributed by atoms with Gasteiger partial charge in [-0.15, -0.1) is 0 Å². The Bertz CT molecular complexity index is 552. The van der Waals surface area contributed by atoms with Gasteiger partial charge in [0, 0.05) is 12.3 Å². The van der Waals surface area contributed by atoms with Crippen molar-refractivity contribution in [2.75, 3.05) is 23.4 Å². The number of carbonyl (C=O) groups excluding carboxylic acids is 1. The highest BCUT2D eigenvalue weighted by Crippen LogP contribution is 2.16. The first-order chi connectivity index (χ1) is 8.84. The van der Waals surface area contributed by atoms with E-state index in [-0.39, 0.29) is 18.8 Å². The van der Waals surface area contributed by atoms with Gasteiger partial charge < -0.3 is 10.4 Å². The van der Waals surface area contributed by atoms with E-state index >= 15 is 0 Å². The first kappa shape index (κ1) is 15.7. The molecular weight excluding hydrogens is 266 g/mol. The predicted octanol–water partition coefficient (Wildman–Crippen LogP) is 1.04. The molecule has 0 atom stereocenters. The molecule has 0 aliphatic rings. The molecule has 106 valence electrons. The zero-order valence-electron chi connectivity index (χ0n) is 11.1. The Balaban J connectivity index is 2.65. The fraction of sp³-hybridized carbons (Fsp3) is 0.462. The molecule has 0 aliphatic heterocycles. The monoisotopic (exact) mass is 285 g/mol. The lowest BCUT2D eigenvalue weighted by Gasteiger charge is -2.09. The van der Waals surface area contributed by atoms with E-state index in [1.807, 2.05) is 26.0 Å². The molecule has 19 heavy (non-hydrogen) atoms. The van der Waals surface area contributed by atoms with Gasteiger partial charge in [0.05, 0.1) is 5.75 Å². The van der Waals surface area contributed by atoms with Crippen LogP contribution in [0.3, 0.4) is 0 Å². The summed E-state index contributed by atoms with van der Waals surface area (Å²) in [5, 5.41) is 11.2. The lowest BCUT2D eigenvalue weighted by Crippen LogP contribution is -2.25. The van der Waals surface area contributed by atoms with E-state index < -0.39 is 21.5 Å². The molecule has 1 rings (SSSR count). The second-order valence-electron chi connectivity index (χ2n) is 4.54. The summed E-state index contributed by atoms with van der Waals surface area (Å²) in [4.78, 5) is 11.7. The third-order valence-corrected chi connectivity index (χ3v) is 4.23. The highest BCUT2D eigenvalue weighted by molar-refractivity contribution is 7.92. The van der Waals surface area contributed by atoms with Gasteiger partial charge in [-0.3, -0.25) is 4.79 Å². The van der Waals surface area contributed by atoms with E-state index in [0.29, 0.717) is 5.69 Å². The molecule has 2 N–H and O–H groups in total. The number of aryl methyl sites for hydroxylation is 2. The molecule has 1 aromatic carbocycles. The summed E-state index contributed by atoms with van der Waals surface area (Å²) >= 11 is 0. The minimum absolute atomic E-state index is 0.152. The van der Waals surface area contributed by atoms with E-state index in [2.05, 4.69) is 5.32 Å². The number of rotatable bonds is 6. The summed E-state index contributed by atoms with van der Waals surface area (Å²) in [6.45, 7) is 3.60. The van der Waals surface area contributed by atoms with Crippen molar-refractivity contribution < 1.29 is 18.3 Å². The van der Waals surface area contributed by atoms with Crippen LogP contribution in [0, 0.1) is 13.8 Å². The highest BCUT2D eigenvalue weighted by atomic mass is 32.2. The van der Waals surface area contributed by atoms with Crippen LogP contribution in [0.2, 0.25) is 0 Å². The Morgan fingerprint density at radius 1 is 1.32 bits per heavy atom. The van der Waals surface area contributed by atoms with Crippen LogP contribution in [-0.4, -0.2) is 37.5 Å². The van der Waals surface area contributed by atoms with Crippen molar-refractivity contribution in [1.82, 2.24) is 0 Å². The molecule has 0 aromatic heterocycles. The highest BCUT2D eigenvalue weighted by Gasteiger charge is 2.16. The fourth-order valence-electron chi connectivity index (χ4n) is 1.70.